The SMILES string of the molecule is Cc1ccnc2nc(-c3ccncc3F)[nH]c12. The lowest BCUT2D eigenvalue weighted by molar-refractivity contribution is 0.624. The predicted molar refractivity (Wildman–Crippen MR) is 61.8 cm³/mol. The summed E-state index contributed by atoms with van der Waals surface area (Å²) >= 11 is 0. The van der Waals surface area contributed by atoms with Crippen molar-refractivity contribution in [1.82, 2.24) is 19.9 Å². The minimum absolute atomic E-state index is 0.399. The zero-order valence-corrected chi connectivity index (χ0v) is 9.11. The molecule has 0 saturated carbocycles. The lowest BCUT2D eigenvalue weighted by atomic mass is 10.2. The van der Waals surface area contributed by atoms with Gasteiger partial charge in [-0.1, -0.05) is 0 Å². The number of imidazole rings is 1. The molecule has 4 nitrogen and oxygen atoms in total. The van der Waals surface area contributed by atoms with E-state index in [0.29, 0.717) is 17.0 Å². The van der Waals surface area contributed by atoms with Crippen LogP contribution in [-0.2, 0) is 0 Å². The van der Waals surface area contributed by atoms with Crippen LogP contribution in [0, 0.1) is 12.7 Å². The number of halogens is 1. The van der Waals surface area contributed by atoms with Gasteiger partial charge in [0.1, 0.15) is 5.82 Å². The monoisotopic (exact) mass is 228 g/mol. The topological polar surface area (TPSA) is 54.5 Å². The first-order valence-corrected chi connectivity index (χ1v) is 5.17. The number of aromatic amines is 1. The summed E-state index contributed by atoms with van der Waals surface area (Å²) in [5.41, 5.74) is 2.86. The molecule has 17 heavy (non-hydrogen) atoms. The summed E-state index contributed by atoms with van der Waals surface area (Å²) in [6.07, 6.45) is 4.39. The number of aryl methyl sites for hydroxylation is 1. The van der Waals surface area contributed by atoms with E-state index >= 15 is 0 Å². The fourth-order valence-corrected chi connectivity index (χ4v) is 1.73. The Morgan fingerprint density at radius 3 is 2.88 bits per heavy atom. The molecule has 3 heterocycles. The van der Waals surface area contributed by atoms with Gasteiger partial charge in [0.25, 0.3) is 0 Å². The van der Waals surface area contributed by atoms with Gasteiger partial charge in [0.2, 0.25) is 0 Å². The van der Waals surface area contributed by atoms with Crippen molar-refractivity contribution >= 4 is 11.2 Å². The van der Waals surface area contributed by atoms with Crippen LogP contribution in [-0.4, -0.2) is 19.9 Å². The van der Waals surface area contributed by atoms with Crippen molar-refractivity contribution in [1.29, 1.82) is 0 Å². The van der Waals surface area contributed by atoms with Gasteiger partial charge >= 0.3 is 0 Å². The first kappa shape index (κ1) is 9.89. The molecule has 5 heteroatoms. The summed E-state index contributed by atoms with van der Waals surface area (Å²) in [7, 11) is 0. The summed E-state index contributed by atoms with van der Waals surface area (Å²) in [6.45, 7) is 1.95. The molecule has 0 aliphatic carbocycles. The average Bonchev–Trinajstić information content (AvgIpc) is 2.75. The molecule has 3 aromatic heterocycles. The highest BCUT2D eigenvalue weighted by Crippen LogP contribution is 2.22. The highest BCUT2D eigenvalue weighted by atomic mass is 19.1. The van der Waals surface area contributed by atoms with Crippen molar-refractivity contribution in [2.75, 3.05) is 0 Å². The first-order chi connectivity index (χ1) is 8.25. The summed E-state index contributed by atoms with van der Waals surface area (Å²) in [4.78, 5) is 15.2. The number of nitrogens with one attached hydrogen (secondary N) is 1. The van der Waals surface area contributed by atoms with Gasteiger partial charge in [0, 0.05) is 12.4 Å². The normalized spacial score (nSPS) is 10.9. The Balaban J connectivity index is 2.26. The molecule has 0 aromatic carbocycles. The van der Waals surface area contributed by atoms with Gasteiger partial charge in [-0.25, -0.2) is 14.4 Å². The van der Waals surface area contributed by atoms with E-state index in [4.69, 9.17) is 0 Å². The van der Waals surface area contributed by atoms with E-state index < -0.39 is 5.82 Å². The van der Waals surface area contributed by atoms with E-state index in [1.54, 1.807) is 12.3 Å². The molecular formula is C12H9FN4. The minimum Gasteiger partial charge on any atom is -0.336 e. The molecule has 3 aromatic rings. The van der Waals surface area contributed by atoms with Gasteiger partial charge < -0.3 is 4.98 Å². The maximum Gasteiger partial charge on any atom is 0.178 e. The summed E-state index contributed by atoms with van der Waals surface area (Å²) in [6, 6.07) is 3.47. The minimum atomic E-state index is -0.399. The van der Waals surface area contributed by atoms with Crippen molar-refractivity contribution in [3.63, 3.8) is 0 Å². The number of aromatic nitrogens is 4. The van der Waals surface area contributed by atoms with Gasteiger partial charge in [0.15, 0.2) is 11.5 Å². The molecule has 84 valence electrons. The smallest absolute Gasteiger partial charge is 0.178 e. The Labute approximate surface area is 96.6 Å². The van der Waals surface area contributed by atoms with Crippen LogP contribution in [0.1, 0.15) is 5.56 Å². The molecular weight excluding hydrogens is 219 g/mol. The lowest BCUT2D eigenvalue weighted by Gasteiger charge is -1.96. The number of rotatable bonds is 1. The quantitative estimate of drug-likeness (QED) is 0.696. The van der Waals surface area contributed by atoms with Crippen LogP contribution < -0.4 is 0 Å². The third-order valence-corrected chi connectivity index (χ3v) is 2.63. The fraction of sp³-hybridized carbons (Fsp3) is 0.0833. The van der Waals surface area contributed by atoms with Crippen LogP contribution in [0.2, 0.25) is 0 Å². The molecule has 3 rings (SSSR count). The highest BCUT2D eigenvalue weighted by Gasteiger charge is 2.11. The van der Waals surface area contributed by atoms with Crippen LogP contribution in [0.25, 0.3) is 22.6 Å². The van der Waals surface area contributed by atoms with E-state index in [0.717, 1.165) is 11.1 Å². The molecule has 0 aliphatic rings. The predicted octanol–water partition coefficient (Wildman–Crippen LogP) is 2.47. The lowest BCUT2D eigenvalue weighted by Crippen LogP contribution is -1.87. The van der Waals surface area contributed by atoms with Crippen LogP contribution >= 0.6 is 0 Å². The van der Waals surface area contributed by atoms with Gasteiger partial charge in [-0.3, -0.25) is 4.98 Å². The standard InChI is InChI=1S/C12H9FN4/c1-7-2-5-15-12-10(7)16-11(17-12)8-3-4-14-6-9(8)13/h2-6H,1H3,(H,15,16,17). The van der Waals surface area contributed by atoms with Crippen LogP contribution in [0.4, 0.5) is 4.39 Å². The molecule has 1 N–H and O–H groups in total. The number of nitrogens with zero attached hydrogens (tertiary/aromatic N) is 3. The number of fused-ring (bicyclic) bond motifs is 1. The Hall–Kier alpha value is -2.30. The molecule has 0 bridgehead atoms. The second-order valence-electron chi connectivity index (χ2n) is 3.77. The van der Waals surface area contributed by atoms with Crippen molar-refractivity contribution in [3.8, 4) is 11.4 Å². The van der Waals surface area contributed by atoms with Gasteiger partial charge in [-0.15, -0.1) is 0 Å². The second kappa shape index (κ2) is 3.62. The molecule has 0 spiro atoms. The van der Waals surface area contributed by atoms with Crippen LogP contribution in [0.5, 0.6) is 0 Å². The Bertz CT molecular complexity index is 690. The van der Waals surface area contributed by atoms with Crippen molar-refractivity contribution < 1.29 is 4.39 Å². The van der Waals surface area contributed by atoms with Gasteiger partial charge in [-0.2, -0.15) is 0 Å². The summed E-state index contributed by atoms with van der Waals surface area (Å²) in [5, 5.41) is 0. The summed E-state index contributed by atoms with van der Waals surface area (Å²) in [5.74, 6) is 0.0749. The molecule has 0 atom stereocenters. The van der Waals surface area contributed by atoms with E-state index in [1.807, 2.05) is 13.0 Å². The highest BCUT2D eigenvalue weighted by molar-refractivity contribution is 5.78. The zero-order valence-electron chi connectivity index (χ0n) is 9.11. The molecule has 0 unspecified atom stereocenters. The molecule has 0 aliphatic heterocycles. The summed E-state index contributed by atoms with van der Waals surface area (Å²) < 4.78 is 13.6. The third-order valence-electron chi connectivity index (χ3n) is 2.63. The Kier molecular flexibility index (Phi) is 2.11. The maximum absolute atomic E-state index is 13.6. The van der Waals surface area contributed by atoms with E-state index in [2.05, 4.69) is 19.9 Å². The average molecular weight is 228 g/mol. The zero-order chi connectivity index (χ0) is 11.8. The number of pyridine rings is 2. The Morgan fingerprint density at radius 2 is 2.12 bits per heavy atom. The number of hydrogen-bond acceptors (Lipinski definition) is 3. The van der Waals surface area contributed by atoms with E-state index in [9.17, 15) is 4.39 Å². The van der Waals surface area contributed by atoms with Gasteiger partial charge in [0.05, 0.1) is 17.3 Å². The first-order valence-electron chi connectivity index (χ1n) is 5.17. The molecule has 0 fully saturated rings. The molecule has 0 saturated heterocycles. The maximum atomic E-state index is 13.6. The molecule has 0 amide bonds. The number of H-pyrrole nitrogens is 1. The van der Waals surface area contributed by atoms with Crippen molar-refractivity contribution in [2.24, 2.45) is 0 Å². The fourth-order valence-electron chi connectivity index (χ4n) is 1.73. The molecule has 0 radical (unpaired) electrons. The second-order valence-corrected chi connectivity index (χ2v) is 3.77. The van der Waals surface area contributed by atoms with E-state index in [-0.39, 0.29) is 0 Å². The van der Waals surface area contributed by atoms with Gasteiger partial charge in [-0.05, 0) is 24.6 Å². The number of hydrogen-bond donors (Lipinski definition) is 1. The van der Waals surface area contributed by atoms with Crippen molar-refractivity contribution in [2.45, 2.75) is 6.92 Å². The van der Waals surface area contributed by atoms with Crippen LogP contribution in [0.3, 0.4) is 0 Å². The van der Waals surface area contributed by atoms with Crippen molar-refractivity contribution in [3.05, 3.63) is 42.1 Å². The Morgan fingerprint density at radius 1 is 1.24 bits per heavy atom. The van der Waals surface area contributed by atoms with E-state index in [1.165, 1.54) is 12.4 Å². The largest absolute Gasteiger partial charge is 0.336 e. The van der Waals surface area contributed by atoms with Crippen LogP contribution in [0.15, 0.2) is 30.7 Å². The third kappa shape index (κ3) is 1.56.